The summed E-state index contributed by atoms with van der Waals surface area (Å²) >= 11 is 0. The SMILES string of the molecule is COc1ccc(Nc2cc(N3CCC(C)CC3)c([N+](=O)[O-])c3nonc23)c([N+](=O)[O-])c1. The van der Waals surface area contributed by atoms with Crippen molar-refractivity contribution in [1.82, 2.24) is 10.3 Å². The maximum atomic E-state index is 11.9. The van der Waals surface area contributed by atoms with Gasteiger partial charge in [-0.05, 0) is 47.3 Å². The fourth-order valence-electron chi connectivity index (χ4n) is 3.72. The van der Waals surface area contributed by atoms with Gasteiger partial charge in [-0.3, -0.25) is 20.2 Å². The highest BCUT2D eigenvalue weighted by Crippen LogP contribution is 2.42. The molecular weight excluding hydrogens is 408 g/mol. The number of nitro benzene ring substituents is 2. The Kier molecular flexibility index (Phi) is 5.28. The van der Waals surface area contributed by atoms with Gasteiger partial charge >= 0.3 is 5.69 Å². The second kappa shape index (κ2) is 8.05. The first kappa shape index (κ1) is 20.3. The van der Waals surface area contributed by atoms with Gasteiger partial charge in [-0.25, -0.2) is 4.63 Å². The molecular formula is C19H20N6O6. The lowest BCUT2D eigenvalue weighted by Gasteiger charge is -2.31. The van der Waals surface area contributed by atoms with Crippen LogP contribution in [-0.2, 0) is 0 Å². The Bertz CT molecular complexity index is 1150. The number of rotatable bonds is 6. The number of piperidine rings is 1. The van der Waals surface area contributed by atoms with Gasteiger partial charge in [0.15, 0.2) is 5.52 Å². The molecule has 162 valence electrons. The van der Waals surface area contributed by atoms with E-state index in [-0.39, 0.29) is 28.1 Å². The van der Waals surface area contributed by atoms with Crippen molar-refractivity contribution in [2.45, 2.75) is 19.8 Å². The summed E-state index contributed by atoms with van der Waals surface area (Å²) in [6, 6.07) is 5.94. The Balaban J connectivity index is 1.84. The number of benzene rings is 2. The van der Waals surface area contributed by atoms with Crippen LogP contribution in [0.15, 0.2) is 28.9 Å². The second-order valence-corrected chi connectivity index (χ2v) is 7.45. The minimum atomic E-state index is -0.540. The zero-order chi connectivity index (χ0) is 22.1. The first-order chi connectivity index (χ1) is 14.9. The van der Waals surface area contributed by atoms with Crippen molar-refractivity contribution < 1.29 is 19.2 Å². The maximum absolute atomic E-state index is 11.9. The molecule has 1 aromatic heterocycles. The van der Waals surface area contributed by atoms with Crippen LogP contribution in [0.4, 0.5) is 28.4 Å². The Morgan fingerprint density at radius 2 is 1.81 bits per heavy atom. The number of nitro groups is 2. The lowest BCUT2D eigenvalue weighted by atomic mass is 9.98. The third-order valence-corrected chi connectivity index (χ3v) is 5.47. The zero-order valence-electron chi connectivity index (χ0n) is 16.9. The number of fused-ring (bicyclic) bond motifs is 1. The van der Waals surface area contributed by atoms with E-state index in [1.165, 1.54) is 19.2 Å². The summed E-state index contributed by atoms with van der Waals surface area (Å²) in [5.74, 6) is 0.865. The molecule has 12 nitrogen and oxygen atoms in total. The van der Waals surface area contributed by atoms with Gasteiger partial charge in [0.05, 0.1) is 28.7 Å². The van der Waals surface area contributed by atoms with E-state index in [9.17, 15) is 20.2 Å². The highest BCUT2D eigenvalue weighted by atomic mass is 16.6. The summed E-state index contributed by atoms with van der Waals surface area (Å²) in [5.41, 5.74) is 0.576. The van der Waals surface area contributed by atoms with E-state index < -0.39 is 9.85 Å². The van der Waals surface area contributed by atoms with Gasteiger partial charge in [0.2, 0.25) is 5.52 Å². The number of ether oxygens (including phenoxy) is 1. The van der Waals surface area contributed by atoms with Crippen molar-refractivity contribution in [2.24, 2.45) is 5.92 Å². The van der Waals surface area contributed by atoms with Crippen LogP contribution in [0.2, 0.25) is 0 Å². The van der Waals surface area contributed by atoms with E-state index in [0.717, 1.165) is 12.8 Å². The fraction of sp³-hybridized carbons (Fsp3) is 0.368. The second-order valence-electron chi connectivity index (χ2n) is 7.45. The molecule has 0 saturated carbocycles. The number of methoxy groups -OCH3 is 1. The van der Waals surface area contributed by atoms with Crippen LogP contribution in [-0.4, -0.2) is 40.4 Å². The third-order valence-electron chi connectivity index (χ3n) is 5.47. The van der Waals surface area contributed by atoms with Crippen molar-refractivity contribution in [2.75, 3.05) is 30.4 Å². The average Bonchev–Trinajstić information content (AvgIpc) is 3.23. The molecule has 0 amide bonds. The fourth-order valence-corrected chi connectivity index (χ4v) is 3.72. The summed E-state index contributed by atoms with van der Waals surface area (Å²) in [6.07, 6.45) is 1.80. The molecule has 0 unspecified atom stereocenters. The average molecular weight is 428 g/mol. The van der Waals surface area contributed by atoms with Crippen LogP contribution in [0.5, 0.6) is 5.75 Å². The molecule has 31 heavy (non-hydrogen) atoms. The normalized spacial score (nSPS) is 14.6. The lowest BCUT2D eigenvalue weighted by molar-refractivity contribution is -0.384. The molecule has 0 radical (unpaired) electrons. The van der Waals surface area contributed by atoms with Crippen molar-refractivity contribution in [3.05, 3.63) is 44.5 Å². The van der Waals surface area contributed by atoms with Crippen LogP contribution >= 0.6 is 0 Å². The molecule has 4 rings (SSSR count). The first-order valence-electron chi connectivity index (χ1n) is 9.67. The molecule has 0 spiro atoms. The van der Waals surface area contributed by atoms with E-state index in [4.69, 9.17) is 9.37 Å². The molecule has 12 heteroatoms. The molecule has 1 N–H and O–H groups in total. The molecule has 1 fully saturated rings. The van der Waals surface area contributed by atoms with Crippen molar-refractivity contribution in [1.29, 1.82) is 0 Å². The number of anilines is 3. The first-order valence-corrected chi connectivity index (χ1v) is 9.67. The smallest absolute Gasteiger partial charge is 0.323 e. The van der Waals surface area contributed by atoms with Gasteiger partial charge < -0.3 is 15.0 Å². The Morgan fingerprint density at radius 3 is 2.45 bits per heavy atom. The standard InChI is InChI=1S/C19H20N6O6/c1-11-5-7-23(8-6-11)16-10-14(17-18(22-31-21-17)19(16)25(28)29)20-13-4-3-12(30-2)9-15(13)24(26)27/h3-4,9-11,20H,5-8H2,1-2H3. The van der Waals surface area contributed by atoms with Crippen LogP contribution in [0.25, 0.3) is 11.0 Å². The van der Waals surface area contributed by atoms with Crippen LogP contribution in [0.3, 0.4) is 0 Å². The van der Waals surface area contributed by atoms with Crippen LogP contribution in [0, 0.1) is 26.1 Å². The highest BCUT2D eigenvalue weighted by Gasteiger charge is 2.31. The summed E-state index contributed by atoms with van der Waals surface area (Å²) in [4.78, 5) is 24.3. The highest BCUT2D eigenvalue weighted by molar-refractivity contribution is 6.01. The van der Waals surface area contributed by atoms with Gasteiger partial charge in [-0.1, -0.05) is 6.92 Å². The van der Waals surface area contributed by atoms with Gasteiger partial charge in [-0.2, -0.15) is 0 Å². The van der Waals surface area contributed by atoms with E-state index in [0.29, 0.717) is 36.1 Å². The Morgan fingerprint density at radius 1 is 1.10 bits per heavy atom. The van der Waals surface area contributed by atoms with Gasteiger partial charge in [0.1, 0.15) is 17.1 Å². The van der Waals surface area contributed by atoms with Gasteiger partial charge in [-0.15, -0.1) is 0 Å². The minimum Gasteiger partial charge on any atom is -0.496 e. The Labute approximate surface area is 176 Å². The molecule has 2 heterocycles. The molecule has 2 aromatic carbocycles. The predicted molar refractivity (Wildman–Crippen MR) is 112 cm³/mol. The molecule has 1 aliphatic heterocycles. The molecule has 0 atom stereocenters. The largest absolute Gasteiger partial charge is 0.496 e. The minimum absolute atomic E-state index is 0.0141. The number of hydrogen-bond acceptors (Lipinski definition) is 10. The topological polar surface area (TPSA) is 150 Å². The quantitative estimate of drug-likeness (QED) is 0.450. The van der Waals surface area contributed by atoms with Gasteiger partial charge in [0.25, 0.3) is 5.69 Å². The van der Waals surface area contributed by atoms with Crippen LogP contribution in [0.1, 0.15) is 19.8 Å². The summed E-state index contributed by atoms with van der Waals surface area (Å²) in [5, 5.41) is 33.9. The molecule has 3 aromatic rings. The molecule has 1 aliphatic rings. The summed E-state index contributed by atoms with van der Waals surface area (Å²) in [6.45, 7) is 3.45. The lowest BCUT2D eigenvalue weighted by Crippen LogP contribution is -2.33. The maximum Gasteiger partial charge on any atom is 0.323 e. The Hall–Kier alpha value is -3.96. The van der Waals surface area contributed by atoms with E-state index in [1.54, 1.807) is 12.1 Å². The number of aromatic nitrogens is 2. The molecule has 1 saturated heterocycles. The monoisotopic (exact) mass is 428 g/mol. The third kappa shape index (κ3) is 3.79. The number of nitrogens with one attached hydrogen (secondary N) is 1. The predicted octanol–water partition coefficient (Wildman–Crippen LogP) is 4.03. The number of nitrogens with zero attached hydrogens (tertiary/aromatic N) is 5. The van der Waals surface area contributed by atoms with E-state index in [2.05, 4.69) is 22.6 Å². The van der Waals surface area contributed by atoms with Crippen molar-refractivity contribution in [3.8, 4) is 5.75 Å². The van der Waals surface area contributed by atoms with Crippen molar-refractivity contribution >= 4 is 39.5 Å². The molecule has 0 aliphatic carbocycles. The van der Waals surface area contributed by atoms with Gasteiger partial charge in [0, 0.05) is 13.1 Å². The molecule has 0 bridgehead atoms. The number of hydrogen-bond donors (Lipinski definition) is 1. The van der Waals surface area contributed by atoms with Crippen molar-refractivity contribution in [3.63, 3.8) is 0 Å². The zero-order valence-corrected chi connectivity index (χ0v) is 16.9. The summed E-state index contributed by atoms with van der Waals surface area (Å²) in [7, 11) is 1.42. The van der Waals surface area contributed by atoms with E-state index >= 15 is 0 Å². The van der Waals surface area contributed by atoms with E-state index in [1.807, 2.05) is 4.90 Å². The summed E-state index contributed by atoms with van der Waals surface area (Å²) < 4.78 is 9.86. The van der Waals surface area contributed by atoms with Crippen LogP contribution < -0.4 is 15.0 Å².